The molecule has 32 heavy (non-hydrogen) atoms. The molecule has 1 aromatic heterocycles. The molecule has 1 aliphatic rings. The van der Waals surface area contributed by atoms with Crippen molar-refractivity contribution < 1.29 is 18.4 Å². The molecule has 0 radical (unpaired) electrons. The third-order valence-corrected chi connectivity index (χ3v) is 6.20. The number of carbonyl (C=O) groups excluding carboxylic acids is 2. The number of amides is 3. The minimum atomic E-state index is -0.674. The van der Waals surface area contributed by atoms with Crippen LogP contribution in [-0.2, 0) is 17.8 Å². The largest absolute Gasteiger partial charge is 0.324 e. The fourth-order valence-corrected chi connectivity index (χ4v) is 4.46. The van der Waals surface area contributed by atoms with Gasteiger partial charge in [-0.15, -0.1) is 11.3 Å². The van der Waals surface area contributed by atoms with Crippen LogP contribution >= 0.6 is 11.3 Å². The lowest BCUT2D eigenvalue weighted by atomic mass is 10.1. The predicted molar refractivity (Wildman–Crippen MR) is 122 cm³/mol. The lowest BCUT2D eigenvalue weighted by Crippen LogP contribution is -2.49. The van der Waals surface area contributed by atoms with E-state index >= 15 is 0 Å². The summed E-state index contributed by atoms with van der Waals surface area (Å²) in [6.07, 6.45) is 0.944. The maximum absolute atomic E-state index is 14.1. The molecule has 1 aliphatic heterocycles. The lowest BCUT2D eigenvalue weighted by molar-refractivity contribution is -0.115. The number of nitrogens with zero attached hydrogens (tertiary/aromatic N) is 2. The van der Waals surface area contributed by atoms with E-state index in [2.05, 4.69) is 5.32 Å². The highest BCUT2D eigenvalue weighted by molar-refractivity contribution is 7.10. The Labute approximate surface area is 189 Å². The summed E-state index contributed by atoms with van der Waals surface area (Å²) in [4.78, 5) is 29.9. The van der Waals surface area contributed by atoms with Gasteiger partial charge in [-0.3, -0.25) is 9.69 Å². The summed E-state index contributed by atoms with van der Waals surface area (Å²) in [6, 6.07) is 12.4. The monoisotopic (exact) mass is 455 g/mol. The predicted octanol–water partition coefficient (Wildman–Crippen LogP) is 5.35. The Balaban J connectivity index is 1.54. The average molecular weight is 456 g/mol. The van der Waals surface area contributed by atoms with Crippen molar-refractivity contribution in [2.45, 2.75) is 26.3 Å². The second kappa shape index (κ2) is 9.48. The highest BCUT2D eigenvalue weighted by Crippen LogP contribution is 2.31. The molecule has 2 heterocycles. The van der Waals surface area contributed by atoms with Crippen molar-refractivity contribution >= 4 is 34.6 Å². The van der Waals surface area contributed by atoms with Gasteiger partial charge in [-0.1, -0.05) is 18.2 Å². The van der Waals surface area contributed by atoms with Crippen LogP contribution in [0.3, 0.4) is 0 Å². The van der Waals surface area contributed by atoms with Crippen LogP contribution in [0.15, 0.2) is 53.9 Å². The first-order valence-corrected chi connectivity index (χ1v) is 11.2. The fourth-order valence-electron chi connectivity index (χ4n) is 3.76. The molecular formula is C24H23F2N3O2S. The van der Waals surface area contributed by atoms with Crippen LogP contribution in [0.2, 0.25) is 0 Å². The summed E-state index contributed by atoms with van der Waals surface area (Å²) in [5.74, 6) is -1.48. The summed E-state index contributed by atoms with van der Waals surface area (Å²) >= 11 is 1.51. The standard InChI is InChI=1S/C24H23F2N3O2S/c1-16-5-8-22(21(12-16)27-23(30)14-19-4-2-11-32-19)29-10-3-9-28(24(29)31)15-17-6-7-18(25)13-20(17)26/h2,4-8,11-13H,3,9-10,14-15H2,1H3,(H,27,30). The van der Waals surface area contributed by atoms with Crippen molar-refractivity contribution in [2.24, 2.45) is 0 Å². The molecular weight excluding hydrogens is 432 g/mol. The third kappa shape index (κ3) is 4.96. The number of urea groups is 1. The van der Waals surface area contributed by atoms with Crippen LogP contribution in [0.25, 0.3) is 0 Å². The molecule has 3 aromatic rings. The molecule has 0 unspecified atom stereocenters. The molecule has 0 saturated carbocycles. The Bertz CT molecular complexity index is 1130. The van der Waals surface area contributed by atoms with Crippen LogP contribution in [0, 0.1) is 18.6 Å². The Morgan fingerprint density at radius 3 is 2.72 bits per heavy atom. The zero-order valence-electron chi connectivity index (χ0n) is 17.6. The molecule has 5 nitrogen and oxygen atoms in total. The highest BCUT2D eigenvalue weighted by Gasteiger charge is 2.29. The number of rotatable bonds is 6. The van der Waals surface area contributed by atoms with Gasteiger partial charge in [0.1, 0.15) is 11.6 Å². The Morgan fingerprint density at radius 1 is 1.12 bits per heavy atom. The summed E-state index contributed by atoms with van der Waals surface area (Å²) < 4.78 is 27.3. The van der Waals surface area contributed by atoms with Crippen molar-refractivity contribution in [3.05, 3.63) is 81.5 Å². The minimum absolute atomic E-state index is 0.0490. The molecule has 0 aliphatic carbocycles. The Kier molecular flexibility index (Phi) is 6.50. The topological polar surface area (TPSA) is 52.6 Å². The number of hydrogen-bond acceptors (Lipinski definition) is 3. The zero-order valence-corrected chi connectivity index (χ0v) is 18.4. The van der Waals surface area contributed by atoms with Gasteiger partial charge in [0.15, 0.2) is 0 Å². The molecule has 166 valence electrons. The Morgan fingerprint density at radius 2 is 1.97 bits per heavy atom. The zero-order chi connectivity index (χ0) is 22.7. The van der Waals surface area contributed by atoms with Crippen LogP contribution in [0.5, 0.6) is 0 Å². The first kappa shape index (κ1) is 22.0. The smallest absolute Gasteiger partial charge is 0.324 e. The van der Waals surface area contributed by atoms with E-state index in [-0.39, 0.29) is 30.5 Å². The van der Waals surface area contributed by atoms with Crippen LogP contribution < -0.4 is 10.2 Å². The average Bonchev–Trinajstić information content (AvgIpc) is 3.25. The summed E-state index contributed by atoms with van der Waals surface area (Å²) in [6.45, 7) is 2.92. The number of hydrogen-bond donors (Lipinski definition) is 1. The molecule has 4 rings (SSSR count). The van der Waals surface area contributed by atoms with Gasteiger partial charge < -0.3 is 10.2 Å². The summed E-state index contributed by atoms with van der Waals surface area (Å²) in [5, 5.41) is 4.86. The normalized spacial score (nSPS) is 14.0. The minimum Gasteiger partial charge on any atom is -0.324 e. The highest BCUT2D eigenvalue weighted by atomic mass is 32.1. The number of carbonyl (C=O) groups is 2. The van der Waals surface area contributed by atoms with Crippen molar-refractivity contribution in [1.29, 1.82) is 0 Å². The van der Waals surface area contributed by atoms with Crippen molar-refractivity contribution in [3.63, 3.8) is 0 Å². The molecule has 1 fully saturated rings. The van der Waals surface area contributed by atoms with Crippen molar-refractivity contribution in [3.8, 4) is 0 Å². The Hall–Kier alpha value is -3.26. The van der Waals surface area contributed by atoms with Gasteiger partial charge in [0.2, 0.25) is 5.91 Å². The van der Waals surface area contributed by atoms with Crippen LogP contribution in [0.4, 0.5) is 25.0 Å². The molecule has 0 bridgehead atoms. The van der Waals surface area contributed by atoms with Crippen LogP contribution in [0.1, 0.15) is 22.4 Å². The number of nitrogens with one attached hydrogen (secondary N) is 1. The number of thiophene rings is 1. The van der Waals surface area contributed by atoms with Gasteiger partial charge in [0.05, 0.1) is 24.3 Å². The SMILES string of the molecule is Cc1ccc(N2CCCN(Cc3ccc(F)cc3F)C2=O)c(NC(=O)Cc2cccs2)c1. The summed E-state index contributed by atoms with van der Waals surface area (Å²) in [7, 11) is 0. The number of benzene rings is 2. The van der Waals surface area contributed by atoms with E-state index in [4.69, 9.17) is 0 Å². The van der Waals surface area contributed by atoms with E-state index in [1.807, 2.05) is 42.6 Å². The molecule has 3 amide bonds. The van der Waals surface area contributed by atoms with Crippen molar-refractivity contribution in [2.75, 3.05) is 23.3 Å². The molecule has 1 saturated heterocycles. The second-order valence-corrected chi connectivity index (χ2v) is 8.80. The van der Waals surface area contributed by atoms with E-state index in [1.54, 1.807) is 4.90 Å². The molecule has 8 heteroatoms. The van der Waals surface area contributed by atoms with E-state index in [0.717, 1.165) is 16.5 Å². The summed E-state index contributed by atoms with van der Waals surface area (Å²) in [5.41, 5.74) is 2.38. The van der Waals surface area contributed by atoms with E-state index in [0.29, 0.717) is 30.9 Å². The number of halogens is 2. The van der Waals surface area contributed by atoms with E-state index < -0.39 is 11.6 Å². The third-order valence-electron chi connectivity index (χ3n) is 5.32. The van der Waals surface area contributed by atoms with Gasteiger partial charge >= 0.3 is 6.03 Å². The van der Waals surface area contributed by atoms with Gasteiger partial charge in [0, 0.05) is 29.6 Å². The quantitative estimate of drug-likeness (QED) is 0.545. The van der Waals surface area contributed by atoms with Gasteiger partial charge in [-0.05, 0) is 48.6 Å². The van der Waals surface area contributed by atoms with E-state index in [9.17, 15) is 18.4 Å². The van der Waals surface area contributed by atoms with Crippen molar-refractivity contribution in [1.82, 2.24) is 4.90 Å². The van der Waals surface area contributed by atoms with Crippen LogP contribution in [-0.4, -0.2) is 29.9 Å². The van der Waals surface area contributed by atoms with Gasteiger partial charge in [-0.25, -0.2) is 13.6 Å². The van der Waals surface area contributed by atoms with Gasteiger partial charge in [-0.2, -0.15) is 0 Å². The van der Waals surface area contributed by atoms with E-state index in [1.165, 1.54) is 28.4 Å². The molecule has 0 atom stereocenters. The first-order chi connectivity index (χ1) is 15.4. The molecule has 2 aromatic carbocycles. The number of aryl methyl sites for hydroxylation is 1. The second-order valence-electron chi connectivity index (χ2n) is 7.77. The fraction of sp³-hybridized carbons (Fsp3) is 0.250. The lowest BCUT2D eigenvalue weighted by Gasteiger charge is -2.36. The number of anilines is 2. The van der Waals surface area contributed by atoms with Gasteiger partial charge in [0.25, 0.3) is 0 Å². The molecule has 1 N–H and O–H groups in total. The maximum atomic E-state index is 14.1. The maximum Gasteiger partial charge on any atom is 0.324 e. The first-order valence-electron chi connectivity index (χ1n) is 10.3. The molecule has 0 spiro atoms.